The summed E-state index contributed by atoms with van der Waals surface area (Å²) < 4.78 is 13.3. The summed E-state index contributed by atoms with van der Waals surface area (Å²) in [4.78, 5) is 2.36. The number of piperidine rings is 1. The predicted molar refractivity (Wildman–Crippen MR) is 73.1 cm³/mol. The molecule has 0 amide bonds. The average Bonchev–Trinajstić information content (AvgIpc) is 2.36. The molecule has 0 radical (unpaired) electrons. The maximum atomic E-state index is 13.3. The molecule has 2 nitrogen and oxygen atoms in total. The Labute approximate surface area is 109 Å². The van der Waals surface area contributed by atoms with E-state index in [4.69, 9.17) is 0 Å². The summed E-state index contributed by atoms with van der Waals surface area (Å²) in [5.74, 6) is -0.145. The van der Waals surface area contributed by atoms with E-state index >= 15 is 0 Å². The fourth-order valence-corrected chi connectivity index (χ4v) is 2.76. The van der Waals surface area contributed by atoms with Gasteiger partial charge in [-0.25, -0.2) is 4.39 Å². The molecule has 0 spiro atoms. The zero-order valence-corrected chi connectivity index (χ0v) is 11.3. The van der Waals surface area contributed by atoms with Crippen molar-refractivity contribution in [1.29, 1.82) is 0 Å². The van der Waals surface area contributed by atoms with Crippen LogP contribution in [0.2, 0.25) is 0 Å². The van der Waals surface area contributed by atoms with E-state index in [1.54, 1.807) is 12.1 Å². The topological polar surface area (TPSA) is 15.3 Å². The molecule has 0 saturated carbocycles. The van der Waals surface area contributed by atoms with E-state index in [2.05, 4.69) is 24.2 Å². The van der Waals surface area contributed by atoms with Gasteiger partial charge in [-0.05, 0) is 50.6 Å². The molecule has 1 heterocycles. The molecule has 2 unspecified atom stereocenters. The number of likely N-dealkylation sites (N-methyl/N-ethyl adjacent to an activating group) is 1. The third-order valence-corrected chi connectivity index (χ3v) is 3.72. The van der Waals surface area contributed by atoms with Crippen LogP contribution in [0.25, 0.3) is 0 Å². The molecule has 1 aromatic rings. The van der Waals surface area contributed by atoms with Crippen molar-refractivity contribution in [3.8, 4) is 0 Å². The molecule has 1 N–H and O–H groups in total. The van der Waals surface area contributed by atoms with Crippen LogP contribution in [0.1, 0.15) is 37.8 Å². The standard InChI is InChI=1S/C15H23FN2/c1-3-15(12-6-4-7-13(16)10-12)17-14-8-5-9-18(2)11-14/h4,6-7,10,14-15,17H,3,5,8-9,11H2,1-2H3. The normalized spacial score (nSPS) is 22.9. The first-order valence-corrected chi connectivity index (χ1v) is 6.89. The summed E-state index contributed by atoms with van der Waals surface area (Å²) in [5.41, 5.74) is 1.06. The Kier molecular flexibility index (Phi) is 4.72. The van der Waals surface area contributed by atoms with Crippen LogP contribution in [-0.2, 0) is 0 Å². The fraction of sp³-hybridized carbons (Fsp3) is 0.600. The minimum atomic E-state index is -0.145. The van der Waals surface area contributed by atoms with Crippen LogP contribution in [0, 0.1) is 5.82 Å². The Bertz CT molecular complexity index is 381. The SMILES string of the molecule is CCC(NC1CCCN(C)C1)c1cccc(F)c1. The molecule has 2 atom stereocenters. The Morgan fingerprint density at radius 3 is 3.00 bits per heavy atom. The minimum Gasteiger partial charge on any atom is -0.306 e. The van der Waals surface area contributed by atoms with Crippen LogP contribution in [0.4, 0.5) is 4.39 Å². The van der Waals surface area contributed by atoms with Crippen LogP contribution in [-0.4, -0.2) is 31.1 Å². The molecule has 100 valence electrons. The predicted octanol–water partition coefficient (Wildman–Crippen LogP) is 2.96. The zero-order valence-electron chi connectivity index (χ0n) is 11.3. The second-order valence-electron chi connectivity index (χ2n) is 5.28. The van der Waals surface area contributed by atoms with Crippen LogP contribution in [0.15, 0.2) is 24.3 Å². The number of rotatable bonds is 4. The van der Waals surface area contributed by atoms with E-state index < -0.39 is 0 Å². The number of hydrogen-bond acceptors (Lipinski definition) is 2. The number of halogens is 1. The summed E-state index contributed by atoms with van der Waals surface area (Å²) in [6.45, 7) is 4.43. The Hall–Kier alpha value is -0.930. The lowest BCUT2D eigenvalue weighted by Crippen LogP contribution is -2.45. The number of benzene rings is 1. The largest absolute Gasteiger partial charge is 0.306 e. The van der Waals surface area contributed by atoms with Crippen LogP contribution in [0.5, 0.6) is 0 Å². The van der Waals surface area contributed by atoms with Gasteiger partial charge in [-0.2, -0.15) is 0 Å². The first kappa shape index (κ1) is 13.5. The van der Waals surface area contributed by atoms with Gasteiger partial charge in [-0.15, -0.1) is 0 Å². The van der Waals surface area contributed by atoms with Crippen molar-refractivity contribution in [3.05, 3.63) is 35.6 Å². The van der Waals surface area contributed by atoms with E-state index in [9.17, 15) is 4.39 Å². The smallest absolute Gasteiger partial charge is 0.123 e. The highest BCUT2D eigenvalue weighted by molar-refractivity contribution is 5.20. The molecule has 1 saturated heterocycles. The van der Waals surface area contributed by atoms with Gasteiger partial charge in [0.2, 0.25) is 0 Å². The maximum absolute atomic E-state index is 13.3. The van der Waals surface area contributed by atoms with Gasteiger partial charge in [0, 0.05) is 18.6 Å². The number of nitrogens with zero attached hydrogens (tertiary/aromatic N) is 1. The first-order chi connectivity index (χ1) is 8.69. The van der Waals surface area contributed by atoms with Gasteiger partial charge in [-0.1, -0.05) is 19.1 Å². The summed E-state index contributed by atoms with van der Waals surface area (Å²) in [6.07, 6.45) is 3.45. The van der Waals surface area contributed by atoms with E-state index in [0.29, 0.717) is 6.04 Å². The van der Waals surface area contributed by atoms with Crippen LogP contribution < -0.4 is 5.32 Å². The molecule has 1 aromatic carbocycles. The van der Waals surface area contributed by atoms with Gasteiger partial charge in [0.1, 0.15) is 5.82 Å². The minimum absolute atomic E-state index is 0.145. The van der Waals surface area contributed by atoms with E-state index in [0.717, 1.165) is 18.5 Å². The summed E-state index contributed by atoms with van der Waals surface area (Å²) in [7, 11) is 2.16. The summed E-state index contributed by atoms with van der Waals surface area (Å²) >= 11 is 0. The van der Waals surface area contributed by atoms with Crippen molar-refractivity contribution < 1.29 is 4.39 Å². The van der Waals surface area contributed by atoms with Crippen molar-refractivity contribution >= 4 is 0 Å². The van der Waals surface area contributed by atoms with E-state index in [1.165, 1.54) is 25.5 Å². The molecule has 3 heteroatoms. The van der Waals surface area contributed by atoms with Gasteiger partial charge in [-0.3, -0.25) is 0 Å². The molecule has 2 rings (SSSR count). The van der Waals surface area contributed by atoms with Crippen molar-refractivity contribution in [1.82, 2.24) is 10.2 Å². The third-order valence-electron chi connectivity index (χ3n) is 3.72. The molecule has 1 aliphatic rings. The van der Waals surface area contributed by atoms with Gasteiger partial charge in [0.15, 0.2) is 0 Å². The monoisotopic (exact) mass is 250 g/mol. The highest BCUT2D eigenvalue weighted by atomic mass is 19.1. The Morgan fingerprint density at radius 2 is 2.33 bits per heavy atom. The molecule has 18 heavy (non-hydrogen) atoms. The quantitative estimate of drug-likeness (QED) is 0.884. The third kappa shape index (κ3) is 3.53. The first-order valence-electron chi connectivity index (χ1n) is 6.89. The Morgan fingerprint density at radius 1 is 1.50 bits per heavy atom. The van der Waals surface area contributed by atoms with Crippen molar-refractivity contribution in [3.63, 3.8) is 0 Å². The highest BCUT2D eigenvalue weighted by Gasteiger charge is 2.20. The maximum Gasteiger partial charge on any atom is 0.123 e. The van der Waals surface area contributed by atoms with E-state index in [1.807, 2.05) is 6.07 Å². The lowest BCUT2D eigenvalue weighted by atomic mass is 10.00. The summed E-state index contributed by atoms with van der Waals surface area (Å²) in [5, 5.41) is 3.67. The average molecular weight is 250 g/mol. The number of nitrogens with one attached hydrogen (secondary N) is 1. The molecule has 1 fully saturated rings. The summed E-state index contributed by atoms with van der Waals surface area (Å²) in [6, 6.07) is 7.74. The second kappa shape index (κ2) is 6.30. The van der Waals surface area contributed by atoms with Gasteiger partial charge >= 0.3 is 0 Å². The van der Waals surface area contributed by atoms with Gasteiger partial charge in [0.05, 0.1) is 0 Å². The van der Waals surface area contributed by atoms with Crippen molar-refractivity contribution in [2.75, 3.05) is 20.1 Å². The Balaban J connectivity index is 2.00. The molecule has 1 aliphatic heterocycles. The lowest BCUT2D eigenvalue weighted by Gasteiger charge is -2.33. The lowest BCUT2D eigenvalue weighted by molar-refractivity contribution is 0.215. The van der Waals surface area contributed by atoms with Crippen LogP contribution >= 0.6 is 0 Å². The van der Waals surface area contributed by atoms with E-state index in [-0.39, 0.29) is 11.9 Å². The highest BCUT2D eigenvalue weighted by Crippen LogP contribution is 2.20. The number of likely N-dealkylation sites (tertiary alicyclic amines) is 1. The molecular weight excluding hydrogens is 227 g/mol. The van der Waals surface area contributed by atoms with Crippen LogP contribution in [0.3, 0.4) is 0 Å². The number of hydrogen-bond donors (Lipinski definition) is 1. The molecule has 0 aliphatic carbocycles. The fourth-order valence-electron chi connectivity index (χ4n) is 2.76. The van der Waals surface area contributed by atoms with Gasteiger partial charge in [0.25, 0.3) is 0 Å². The molecule has 0 bridgehead atoms. The van der Waals surface area contributed by atoms with Crippen molar-refractivity contribution in [2.45, 2.75) is 38.3 Å². The zero-order chi connectivity index (χ0) is 13.0. The molecule has 0 aromatic heterocycles. The van der Waals surface area contributed by atoms with Gasteiger partial charge < -0.3 is 10.2 Å². The van der Waals surface area contributed by atoms with Crippen molar-refractivity contribution in [2.24, 2.45) is 0 Å². The second-order valence-corrected chi connectivity index (χ2v) is 5.28. The molecular formula is C15H23FN2.